The van der Waals surface area contributed by atoms with Crippen LogP contribution < -0.4 is 15.2 Å². The third-order valence-electron chi connectivity index (χ3n) is 2.89. The second kappa shape index (κ2) is 8.89. The van der Waals surface area contributed by atoms with Crippen molar-refractivity contribution in [1.29, 1.82) is 0 Å². The first-order chi connectivity index (χ1) is 10.1. The number of methoxy groups -OCH3 is 1. The molecule has 0 amide bonds. The van der Waals surface area contributed by atoms with Gasteiger partial charge < -0.3 is 19.9 Å². The molecule has 21 heavy (non-hydrogen) atoms. The Hall–Kier alpha value is -1.27. The number of nitrogens with two attached hydrogens (primary N) is 1. The number of carbonyl (C=O) groups is 1. The summed E-state index contributed by atoms with van der Waals surface area (Å²) in [4.78, 5) is 11.9. The lowest BCUT2D eigenvalue weighted by Gasteiger charge is -2.20. The van der Waals surface area contributed by atoms with Crippen LogP contribution in [-0.2, 0) is 16.1 Å². The van der Waals surface area contributed by atoms with Crippen LogP contribution in [0.4, 0.5) is 0 Å². The molecule has 0 spiro atoms. The van der Waals surface area contributed by atoms with Crippen molar-refractivity contribution >= 4 is 21.9 Å². The third-order valence-corrected chi connectivity index (χ3v) is 3.47. The van der Waals surface area contributed by atoms with Gasteiger partial charge in [0, 0.05) is 6.54 Å². The zero-order valence-electron chi connectivity index (χ0n) is 12.6. The summed E-state index contributed by atoms with van der Waals surface area (Å²) in [5.41, 5.74) is 6.55. The van der Waals surface area contributed by atoms with E-state index < -0.39 is 6.10 Å². The fraction of sp³-hybridized carbons (Fsp3) is 0.533. The van der Waals surface area contributed by atoms with Gasteiger partial charge in [0.05, 0.1) is 18.2 Å². The molecule has 1 aromatic rings. The van der Waals surface area contributed by atoms with E-state index in [0.29, 0.717) is 35.5 Å². The standard InChI is InChI=1S/C15H22BrNO4/c1-4-6-12(15(18)20-5-2)21-14-11(16)7-10(9-17)8-13(14)19-3/h7-8,12H,4-6,9,17H2,1-3H3. The summed E-state index contributed by atoms with van der Waals surface area (Å²) in [6.07, 6.45) is 0.737. The Kier molecular flexibility index (Phi) is 7.53. The molecule has 1 aromatic carbocycles. The van der Waals surface area contributed by atoms with Crippen molar-refractivity contribution in [2.75, 3.05) is 13.7 Å². The zero-order chi connectivity index (χ0) is 15.8. The van der Waals surface area contributed by atoms with Crippen LogP contribution in [-0.4, -0.2) is 25.8 Å². The van der Waals surface area contributed by atoms with Gasteiger partial charge in [-0.1, -0.05) is 13.3 Å². The van der Waals surface area contributed by atoms with E-state index >= 15 is 0 Å². The molecule has 0 saturated carbocycles. The predicted octanol–water partition coefficient (Wildman–Crippen LogP) is 3.03. The van der Waals surface area contributed by atoms with Crippen molar-refractivity contribution in [3.63, 3.8) is 0 Å². The van der Waals surface area contributed by atoms with Gasteiger partial charge in [-0.3, -0.25) is 0 Å². The van der Waals surface area contributed by atoms with Gasteiger partial charge in [-0.2, -0.15) is 0 Å². The average Bonchev–Trinajstić information content (AvgIpc) is 2.48. The summed E-state index contributed by atoms with van der Waals surface area (Å²) in [6.45, 7) is 4.48. The topological polar surface area (TPSA) is 70.8 Å². The number of ether oxygens (including phenoxy) is 3. The van der Waals surface area contributed by atoms with Gasteiger partial charge >= 0.3 is 5.97 Å². The number of benzene rings is 1. The van der Waals surface area contributed by atoms with Gasteiger partial charge in [0.2, 0.25) is 0 Å². The highest BCUT2D eigenvalue weighted by Gasteiger charge is 2.24. The predicted molar refractivity (Wildman–Crippen MR) is 84.5 cm³/mol. The molecule has 5 nitrogen and oxygen atoms in total. The zero-order valence-corrected chi connectivity index (χ0v) is 14.2. The van der Waals surface area contributed by atoms with Gasteiger partial charge in [0.25, 0.3) is 0 Å². The summed E-state index contributed by atoms with van der Waals surface area (Å²) in [6, 6.07) is 3.65. The molecule has 0 aliphatic heterocycles. The highest BCUT2D eigenvalue weighted by Crippen LogP contribution is 2.37. The second-order valence-corrected chi connectivity index (χ2v) is 5.31. The molecule has 0 aromatic heterocycles. The molecule has 0 radical (unpaired) electrons. The van der Waals surface area contributed by atoms with Gasteiger partial charge in [0.15, 0.2) is 17.6 Å². The van der Waals surface area contributed by atoms with E-state index in [1.54, 1.807) is 20.1 Å². The molecule has 2 N–H and O–H groups in total. The second-order valence-electron chi connectivity index (χ2n) is 4.46. The van der Waals surface area contributed by atoms with Crippen LogP contribution in [0.15, 0.2) is 16.6 Å². The molecule has 0 bridgehead atoms. The Morgan fingerprint density at radius 2 is 2.10 bits per heavy atom. The summed E-state index contributed by atoms with van der Waals surface area (Å²) in [5, 5.41) is 0. The highest BCUT2D eigenvalue weighted by molar-refractivity contribution is 9.10. The minimum Gasteiger partial charge on any atom is -0.493 e. The van der Waals surface area contributed by atoms with Crippen LogP contribution in [0.3, 0.4) is 0 Å². The first kappa shape index (κ1) is 17.8. The minimum absolute atomic E-state index is 0.326. The van der Waals surface area contributed by atoms with Crippen LogP contribution >= 0.6 is 15.9 Å². The lowest BCUT2D eigenvalue weighted by atomic mass is 10.2. The highest BCUT2D eigenvalue weighted by atomic mass is 79.9. The fourth-order valence-corrected chi connectivity index (χ4v) is 2.45. The van der Waals surface area contributed by atoms with E-state index in [-0.39, 0.29) is 5.97 Å². The first-order valence-electron chi connectivity index (χ1n) is 6.97. The minimum atomic E-state index is -0.649. The molecular weight excluding hydrogens is 338 g/mol. The molecule has 0 saturated heterocycles. The maximum absolute atomic E-state index is 11.9. The molecule has 6 heteroatoms. The first-order valence-corrected chi connectivity index (χ1v) is 7.76. The van der Waals surface area contributed by atoms with Crippen molar-refractivity contribution in [2.45, 2.75) is 39.3 Å². The molecule has 1 unspecified atom stereocenters. The Morgan fingerprint density at radius 1 is 1.38 bits per heavy atom. The van der Waals surface area contributed by atoms with E-state index in [0.717, 1.165) is 12.0 Å². The van der Waals surface area contributed by atoms with Crippen molar-refractivity contribution in [3.05, 3.63) is 22.2 Å². The summed E-state index contributed by atoms with van der Waals surface area (Å²) < 4.78 is 16.9. The number of carbonyl (C=O) groups excluding carboxylic acids is 1. The van der Waals surface area contributed by atoms with E-state index in [4.69, 9.17) is 19.9 Å². The Morgan fingerprint density at radius 3 is 2.62 bits per heavy atom. The van der Waals surface area contributed by atoms with Crippen LogP contribution in [0.2, 0.25) is 0 Å². The number of hydrogen-bond acceptors (Lipinski definition) is 5. The van der Waals surface area contributed by atoms with Crippen LogP contribution in [0.25, 0.3) is 0 Å². The maximum Gasteiger partial charge on any atom is 0.347 e. The average molecular weight is 360 g/mol. The lowest BCUT2D eigenvalue weighted by Crippen LogP contribution is -2.29. The molecule has 1 atom stereocenters. The Balaban J connectivity index is 3.05. The number of hydrogen-bond donors (Lipinski definition) is 1. The van der Waals surface area contributed by atoms with Crippen LogP contribution in [0.5, 0.6) is 11.5 Å². The van der Waals surface area contributed by atoms with E-state index in [9.17, 15) is 4.79 Å². The van der Waals surface area contributed by atoms with Crippen molar-refractivity contribution in [3.8, 4) is 11.5 Å². The van der Waals surface area contributed by atoms with E-state index in [1.165, 1.54) is 0 Å². The van der Waals surface area contributed by atoms with Gasteiger partial charge in [-0.05, 0) is 47.0 Å². The van der Waals surface area contributed by atoms with Gasteiger partial charge in [-0.15, -0.1) is 0 Å². The summed E-state index contributed by atoms with van der Waals surface area (Å²) in [5.74, 6) is 0.660. The molecule has 0 fully saturated rings. The fourth-order valence-electron chi connectivity index (χ4n) is 1.87. The maximum atomic E-state index is 11.9. The summed E-state index contributed by atoms with van der Waals surface area (Å²) in [7, 11) is 1.55. The van der Waals surface area contributed by atoms with E-state index in [2.05, 4.69) is 15.9 Å². The SMILES string of the molecule is CCCC(Oc1c(Br)cc(CN)cc1OC)C(=O)OCC. The normalized spacial score (nSPS) is 11.9. The van der Waals surface area contributed by atoms with Crippen LogP contribution in [0, 0.1) is 0 Å². The number of halogens is 1. The molecular formula is C15H22BrNO4. The summed E-state index contributed by atoms with van der Waals surface area (Å²) >= 11 is 3.43. The molecule has 1 rings (SSSR count). The third kappa shape index (κ3) is 4.89. The largest absolute Gasteiger partial charge is 0.493 e. The Bertz CT molecular complexity index is 479. The number of rotatable bonds is 8. The quantitative estimate of drug-likeness (QED) is 0.722. The molecule has 0 aliphatic carbocycles. The Labute approximate surface area is 133 Å². The van der Waals surface area contributed by atoms with Gasteiger partial charge in [0.1, 0.15) is 0 Å². The van der Waals surface area contributed by atoms with E-state index in [1.807, 2.05) is 13.0 Å². The molecule has 118 valence electrons. The smallest absolute Gasteiger partial charge is 0.347 e. The van der Waals surface area contributed by atoms with Crippen molar-refractivity contribution in [2.24, 2.45) is 5.73 Å². The molecule has 0 aliphatic rings. The molecule has 0 heterocycles. The van der Waals surface area contributed by atoms with Crippen LogP contribution in [0.1, 0.15) is 32.3 Å². The van der Waals surface area contributed by atoms with Gasteiger partial charge in [-0.25, -0.2) is 4.79 Å². The van der Waals surface area contributed by atoms with Crippen molar-refractivity contribution < 1.29 is 19.0 Å². The monoisotopic (exact) mass is 359 g/mol. The van der Waals surface area contributed by atoms with Crippen molar-refractivity contribution in [1.82, 2.24) is 0 Å². The number of esters is 1. The lowest BCUT2D eigenvalue weighted by molar-refractivity contribution is -0.151.